The molecule has 0 aliphatic rings. The Kier molecular flexibility index (Phi) is 3.96. The molecule has 0 saturated heterocycles. The highest BCUT2D eigenvalue weighted by atomic mass is 32.1. The van der Waals surface area contributed by atoms with Crippen molar-refractivity contribution in [2.75, 3.05) is 5.32 Å². The van der Waals surface area contributed by atoms with Crippen LogP contribution in [0.3, 0.4) is 0 Å². The van der Waals surface area contributed by atoms with E-state index in [-0.39, 0.29) is 0 Å². The molecule has 2 rings (SSSR count). The van der Waals surface area contributed by atoms with Gasteiger partial charge in [-0.25, -0.2) is 0 Å². The molecular weight excluding hydrogens is 242 g/mol. The molecule has 0 atom stereocenters. The van der Waals surface area contributed by atoms with Crippen molar-refractivity contribution in [3.8, 4) is 6.07 Å². The summed E-state index contributed by atoms with van der Waals surface area (Å²) in [6.07, 6.45) is 1.02. The van der Waals surface area contributed by atoms with Crippen LogP contribution in [-0.4, -0.2) is 4.37 Å². The average Bonchev–Trinajstić information content (AvgIpc) is 2.77. The van der Waals surface area contributed by atoms with Gasteiger partial charge in [-0.3, -0.25) is 0 Å². The third-order valence-corrected chi connectivity index (χ3v) is 3.81. The fourth-order valence-electron chi connectivity index (χ4n) is 1.87. The third-order valence-electron chi connectivity index (χ3n) is 2.91. The maximum Gasteiger partial charge on any atom is 0.127 e. The Labute approximate surface area is 111 Å². The number of hydrogen-bond acceptors (Lipinski definition) is 4. The summed E-state index contributed by atoms with van der Waals surface area (Å²) < 4.78 is 4.20. The van der Waals surface area contributed by atoms with Crippen molar-refractivity contribution in [3.63, 3.8) is 0 Å². The summed E-state index contributed by atoms with van der Waals surface area (Å²) in [6, 6.07) is 10.5. The number of benzene rings is 1. The molecule has 1 aromatic carbocycles. The van der Waals surface area contributed by atoms with E-state index in [2.05, 4.69) is 40.9 Å². The van der Waals surface area contributed by atoms with Crippen molar-refractivity contribution in [1.82, 2.24) is 4.37 Å². The van der Waals surface area contributed by atoms with E-state index in [0.717, 1.165) is 23.7 Å². The van der Waals surface area contributed by atoms with Gasteiger partial charge in [-0.15, -0.1) is 0 Å². The number of anilines is 1. The molecular formula is C14H15N3S. The van der Waals surface area contributed by atoms with Crippen LogP contribution in [0.25, 0.3) is 0 Å². The Morgan fingerprint density at radius 2 is 2.06 bits per heavy atom. The molecule has 0 saturated carbocycles. The number of aryl methyl sites for hydroxylation is 2. The second kappa shape index (κ2) is 5.65. The quantitative estimate of drug-likeness (QED) is 0.912. The van der Waals surface area contributed by atoms with Gasteiger partial charge in [-0.2, -0.15) is 9.64 Å². The minimum Gasteiger partial charge on any atom is -0.370 e. The van der Waals surface area contributed by atoms with Gasteiger partial charge in [-0.05, 0) is 36.0 Å². The lowest BCUT2D eigenvalue weighted by atomic mass is 10.1. The van der Waals surface area contributed by atoms with Crippen molar-refractivity contribution in [2.45, 2.75) is 26.8 Å². The van der Waals surface area contributed by atoms with E-state index in [1.54, 1.807) is 0 Å². The molecule has 0 bridgehead atoms. The molecule has 4 heteroatoms. The summed E-state index contributed by atoms with van der Waals surface area (Å²) in [7, 11) is 0. The first-order valence-corrected chi connectivity index (χ1v) is 6.70. The summed E-state index contributed by atoms with van der Waals surface area (Å²) in [6.45, 7) is 4.75. The molecule has 0 spiro atoms. The Morgan fingerprint density at radius 3 is 2.72 bits per heavy atom. The summed E-state index contributed by atoms with van der Waals surface area (Å²) in [5.74, 6) is 0. The van der Waals surface area contributed by atoms with E-state index in [0.29, 0.717) is 5.56 Å². The van der Waals surface area contributed by atoms with E-state index >= 15 is 0 Å². The zero-order valence-corrected chi connectivity index (χ0v) is 11.3. The second-order valence-electron chi connectivity index (χ2n) is 4.06. The molecule has 1 heterocycles. The zero-order valence-electron chi connectivity index (χ0n) is 10.5. The van der Waals surface area contributed by atoms with E-state index in [9.17, 15) is 0 Å². The monoisotopic (exact) mass is 257 g/mol. The number of aromatic nitrogens is 1. The smallest absolute Gasteiger partial charge is 0.127 e. The summed E-state index contributed by atoms with van der Waals surface area (Å²) >= 11 is 1.35. The third kappa shape index (κ3) is 2.52. The predicted octanol–water partition coefficient (Wildman–Crippen LogP) is 3.50. The summed E-state index contributed by atoms with van der Waals surface area (Å²) in [4.78, 5) is 0. The lowest BCUT2D eigenvalue weighted by Crippen LogP contribution is -2.02. The van der Waals surface area contributed by atoms with Crippen LogP contribution in [0.5, 0.6) is 0 Å². The van der Waals surface area contributed by atoms with Crippen molar-refractivity contribution in [2.24, 2.45) is 0 Å². The first kappa shape index (κ1) is 12.6. The maximum absolute atomic E-state index is 9.06. The maximum atomic E-state index is 9.06. The zero-order chi connectivity index (χ0) is 13.0. The van der Waals surface area contributed by atoms with Gasteiger partial charge in [0.05, 0.1) is 5.69 Å². The second-order valence-corrected chi connectivity index (χ2v) is 4.83. The number of nitrogens with one attached hydrogen (secondary N) is 1. The molecule has 0 radical (unpaired) electrons. The Hall–Kier alpha value is -1.86. The molecule has 1 aromatic heterocycles. The van der Waals surface area contributed by atoms with Crippen LogP contribution in [0.1, 0.15) is 29.3 Å². The average molecular weight is 257 g/mol. The molecule has 0 amide bonds. The molecule has 1 N–H and O–H groups in total. The van der Waals surface area contributed by atoms with Gasteiger partial charge < -0.3 is 5.32 Å². The van der Waals surface area contributed by atoms with Crippen LogP contribution in [0.4, 0.5) is 5.00 Å². The number of rotatable bonds is 4. The summed E-state index contributed by atoms with van der Waals surface area (Å²) in [5, 5.41) is 13.2. The van der Waals surface area contributed by atoms with E-state index in [1.807, 2.05) is 13.0 Å². The molecule has 0 aliphatic heterocycles. The van der Waals surface area contributed by atoms with E-state index in [4.69, 9.17) is 5.26 Å². The van der Waals surface area contributed by atoms with Gasteiger partial charge in [-0.1, -0.05) is 31.2 Å². The lowest BCUT2D eigenvalue weighted by molar-refractivity contribution is 1.05. The minimum atomic E-state index is 0.661. The van der Waals surface area contributed by atoms with Crippen molar-refractivity contribution in [1.29, 1.82) is 5.26 Å². The van der Waals surface area contributed by atoms with Crippen molar-refractivity contribution in [3.05, 3.63) is 46.6 Å². The van der Waals surface area contributed by atoms with Crippen LogP contribution in [0, 0.1) is 18.3 Å². The van der Waals surface area contributed by atoms with Gasteiger partial charge in [0.25, 0.3) is 0 Å². The molecule has 18 heavy (non-hydrogen) atoms. The standard InChI is InChI=1S/C14H15N3S/c1-3-11-6-4-5-7-12(11)9-16-14-13(8-15)10(2)17-18-14/h4-7,16H,3,9H2,1-2H3. The highest BCUT2D eigenvalue weighted by Crippen LogP contribution is 2.24. The van der Waals surface area contributed by atoms with Gasteiger partial charge >= 0.3 is 0 Å². The fourth-order valence-corrected chi connectivity index (χ4v) is 2.61. The predicted molar refractivity (Wildman–Crippen MR) is 74.7 cm³/mol. The van der Waals surface area contributed by atoms with E-state index in [1.165, 1.54) is 22.7 Å². The molecule has 92 valence electrons. The number of hydrogen-bond donors (Lipinski definition) is 1. The molecule has 2 aromatic rings. The van der Waals surface area contributed by atoms with Crippen LogP contribution < -0.4 is 5.32 Å². The highest BCUT2D eigenvalue weighted by Gasteiger charge is 2.09. The summed E-state index contributed by atoms with van der Waals surface area (Å²) in [5.41, 5.74) is 4.07. The van der Waals surface area contributed by atoms with Gasteiger partial charge in [0.1, 0.15) is 16.6 Å². The first-order chi connectivity index (χ1) is 8.76. The van der Waals surface area contributed by atoms with Gasteiger partial charge in [0.2, 0.25) is 0 Å². The topological polar surface area (TPSA) is 48.7 Å². The van der Waals surface area contributed by atoms with Gasteiger partial charge in [0.15, 0.2) is 0 Å². The lowest BCUT2D eigenvalue weighted by Gasteiger charge is -2.08. The van der Waals surface area contributed by atoms with Crippen molar-refractivity contribution >= 4 is 16.5 Å². The van der Waals surface area contributed by atoms with Crippen LogP contribution in [0.15, 0.2) is 24.3 Å². The molecule has 3 nitrogen and oxygen atoms in total. The fraction of sp³-hybridized carbons (Fsp3) is 0.286. The van der Waals surface area contributed by atoms with Crippen molar-refractivity contribution < 1.29 is 0 Å². The highest BCUT2D eigenvalue weighted by molar-refractivity contribution is 7.10. The van der Waals surface area contributed by atoms with Crippen LogP contribution >= 0.6 is 11.5 Å². The Balaban J connectivity index is 2.14. The van der Waals surface area contributed by atoms with Crippen LogP contribution in [0.2, 0.25) is 0 Å². The Bertz CT molecular complexity index is 581. The molecule has 0 aliphatic carbocycles. The van der Waals surface area contributed by atoms with Gasteiger partial charge in [0, 0.05) is 6.54 Å². The van der Waals surface area contributed by atoms with Crippen LogP contribution in [-0.2, 0) is 13.0 Å². The number of nitriles is 1. The SMILES string of the molecule is CCc1ccccc1CNc1snc(C)c1C#N. The normalized spacial score (nSPS) is 10.1. The first-order valence-electron chi connectivity index (χ1n) is 5.93. The van der Waals surface area contributed by atoms with E-state index < -0.39 is 0 Å². The largest absolute Gasteiger partial charge is 0.370 e. The minimum absolute atomic E-state index is 0.661. The molecule has 0 fully saturated rings. The molecule has 0 unspecified atom stereocenters. The number of nitrogens with zero attached hydrogens (tertiary/aromatic N) is 2. The Morgan fingerprint density at radius 1 is 1.33 bits per heavy atom.